The molecule has 0 aliphatic heterocycles. The molecule has 0 aromatic carbocycles. The first-order chi connectivity index (χ1) is 64.3. The van der Waals surface area contributed by atoms with Gasteiger partial charge in [0.1, 0.15) is 72.4 Å². The van der Waals surface area contributed by atoms with Gasteiger partial charge in [-0.05, 0) is 208 Å². The molecule has 0 amide bonds. The van der Waals surface area contributed by atoms with Crippen LogP contribution in [-0.4, -0.2) is 167 Å². The van der Waals surface area contributed by atoms with Gasteiger partial charge in [0.05, 0.1) is 50.8 Å². The van der Waals surface area contributed by atoms with Crippen molar-refractivity contribution in [2.24, 2.45) is 5.11 Å². The standard InChI is InChI=1S/C15H16ClN5O.C15H17ClN2O2.C15H15ClN2O2.C13H11ClN2O2.C11H8BrClN2O.C8H3BrCl2N2.3C4H9.C3H6O.C3H5.C2H5.CH3FS.BrH.Mg.Na.Sn.H/c1-3-15(2,20-21-17)12-8-19-14(22-9-4-5-9)11-7-18-13(16)6-10(11)12;1-3-15(2,19)12-8-18-14(20-9-4-5-9)11-7-17-13(16)6-10(11)12;1-3-19-9(2)12-7-18-15(20-10-4-5-10)13-8-17-14(16)6-11(12)13;1-7(17)10-5-16-13(18-8-2-3-8)11-6-15-12(14)4-9(10)11;12-9-5-15-11(16-6-1-2-6)8-4-14-10(13)3-7(8)9;9-6-3-13-8(11)5-2-12-7(10)1-4(5)6;3*1-3-4-2;4-3-1-2-3;1-3-2;1-2;1-3-2;;;;;/h6-9H,3-5H2,1-2H3;6-9,19H,3-5H2,1-2H3;6-8,10H,2-5H2,1H3;4-6,8H,2-3H2,1H3;3-6H,1-2H2;1-3H;3*1,3-4H2,2H3;3-4H,1-2H2;1H2,2H3;1H2,2H3;1H3;1H;;;;/q;;;;;;;;;;;-1;;;+2;+1;;-1/p-1. The van der Waals surface area contributed by atoms with Crippen LogP contribution in [0.5, 0.6) is 29.4 Å². The number of ketones is 1. The largest absolute Gasteiger partial charge is 2.00 e. The van der Waals surface area contributed by atoms with Gasteiger partial charge in [-0.3, -0.25) is 4.79 Å². The average molecular weight is 2350 g/mol. The Labute approximate surface area is 913 Å². The molecule has 12 aromatic heterocycles. The van der Waals surface area contributed by atoms with E-state index in [9.17, 15) is 13.8 Å². The van der Waals surface area contributed by atoms with Crippen LogP contribution in [0.15, 0.2) is 142 Å². The van der Waals surface area contributed by atoms with Crippen LogP contribution >= 0.6 is 125 Å². The summed E-state index contributed by atoms with van der Waals surface area (Å²) in [5.74, 6) is 3.43. The molecule has 728 valence electrons. The molecule has 24 nitrogen and oxygen atoms in total. The molecule has 2 atom stereocenters. The molecular formula is C98H117Br3Cl7FMgN15NaO9SSn. The van der Waals surface area contributed by atoms with Gasteiger partial charge in [-0.1, -0.05) is 107 Å². The third-order valence-electron chi connectivity index (χ3n) is 22.4. The third-order valence-corrected chi connectivity index (χ3v) is 41.6. The van der Waals surface area contributed by atoms with Gasteiger partial charge >= 0.3 is 161 Å². The van der Waals surface area contributed by atoms with Crippen molar-refractivity contribution in [2.45, 2.75) is 266 Å². The fraction of sp³-hybridized carbons (Fsp3) is 0.449. The zero-order chi connectivity index (χ0) is 97.6. The van der Waals surface area contributed by atoms with Crippen molar-refractivity contribution in [1.29, 1.82) is 0 Å². The van der Waals surface area contributed by atoms with Crippen molar-refractivity contribution in [1.82, 2.24) is 59.8 Å². The number of nitrogens with zero attached hydrogens (tertiary/aromatic N) is 15. The molecule has 137 heavy (non-hydrogen) atoms. The van der Waals surface area contributed by atoms with E-state index >= 15 is 0 Å². The molecule has 0 saturated heterocycles. The number of pyridine rings is 12. The Balaban J connectivity index is 0.000000279. The normalized spacial score (nSPS) is 14.5. The Morgan fingerprint density at radius 3 is 1.11 bits per heavy atom. The number of ether oxygens (including phenoxy) is 6. The molecule has 2 unspecified atom stereocenters. The summed E-state index contributed by atoms with van der Waals surface area (Å²) >= 11 is 46.5. The number of allylic oxidation sites excluding steroid dienone is 1. The summed E-state index contributed by atoms with van der Waals surface area (Å²) in [5.41, 5.74) is 10.2. The molecule has 6 aliphatic rings. The molecule has 0 spiro atoms. The van der Waals surface area contributed by atoms with E-state index in [1.54, 1.807) is 135 Å². The Bertz CT molecular complexity index is 6060. The summed E-state index contributed by atoms with van der Waals surface area (Å²) < 4.78 is 52.7. The van der Waals surface area contributed by atoms with E-state index in [1.807, 2.05) is 33.8 Å². The van der Waals surface area contributed by atoms with E-state index in [-0.39, 0.29) is 119 Å². The predicted octanol–water partition coefficient (Wildman–Crippen LogP) is 24.3. The van der Waals surface area contributed by atoms with Gasteiger partial charge in [-0.25, -0.2) is 59.8 Å². The van der Waals surface area contributed by atoms with E-state index in [0.29, 0.717) is 102 Å². The Morgan fingerprint density at radius 2 is 0.788 bits per heavy atom. The number of aliphatic hydroxyl groups is 2. The number of hydrogen-bond donors (Lipinski definition) is 2. The van der Waals surface area contributed by atoms with Gasteiger partial charge in [-0.2, -0.15) is 10.8 Å². The van der Waals surface area contributed by atoms with Crippen LogP contribution in [0.1, 0.15) is 233 Å². The minimum atomic E-state index is -1.94. The second kappa shape index (κ2) is 59.3. The Hall–Kier alpha value is -5.15. The second-order valence-electron chi connectivity index (χ2n) is 33.2. The molecule has 12 heterocycles. The zero-order valence-electron chi connectivity index (χ0n) is 80.7. The first-order valence-electron chi connectivity index (χ1n) is 45.0. The van der Waals surface area contributed by atoms with Crippen molar-refractivity contribution in [3.63, 3.8) is 0 Å². The minimum Gasteiger partial charge on any atom is -1.00 e. The predicted molar refractivity (Wildman–Crippen MR) is 561 cm³/mol. The molecule has 6 fully saturated rings. The zero-order valence-corrected chi connectivity index (χ0v) is 96.8. The molecule has 6 saturated carbocycles. The SMILES string of the molecule is C=C(OCC)c1cnc(OC2CC2)c2cnc(Cl)cc12.C=[C](C)[Sn]([CH2]CCC)([CH2]CCC)[CH2]CCC.CC(=O)c1cnc(OC2CC2)c2cnc(Cl)cc12.CCC(C)(N=[N+]=[N-])c1cnc(OC2CC2)c2cnc(Cl)cc12.CCC(C)(O)c1cnc(OC2CC2)c2cnc(Cl)cc12.CSF.Clc1cc2c(Br)cnc(Cl)c2cn1.Clc1cc2c(Br)cnc(OC3CC3)c2cn1.OC1CC1.[Br-].[CH2-]C.[H-].[Mg+2].[Na+]. The van der Waals surface area contributed by atoms with Crippen molar-refractivity contribution < 1.29 is 95.3 Å². The number of fused-ring (bicyclic) bond motifs is 6. The fourth-order valence-corrected chi connectivity index (χ4v) is 30.1. The summed E-state index contributed by atoms with van der Waals surface area (Å²) in [4.78, 5) is 64.5. The number of azide groups is 1. The molecule has 6 aliphatic carbocycles. The van der Waals surface area contributed by atoms with Crippen LogP contribution in [0.4, 0.5) is 3.89 Å². The van der Waals surface area contributed by atoms with Gasteiger partial charge in [0, 0.05) is 150 Å². The number of Topliss-reactive ketones (excluding diaryl/α,β-unsaturated/α-hetero) is 1. The molecular weight excluding hydrogens is 2240 g/mol. The number of halogens is 11. The van der Waals surface area contributed by atoms with Gasteiger partial charge in [-0.15, -0.1) is 0 Å². The first kappa shape index (κ1) is 121. The molecule has 12 aromatic rings. The van der Waals surface area contributed by atoms with Gasteiger partial charge in [0.25, 0.3) is 0 Å². The van der Waals surface area contributed by atoms with E-state index in [4.69, 9.17) is 120 Å². The summed E-state index contributed by atoms with van der Waals surface area (Å²) in [6, 6.07) is 10.6. The van der Waals surface area contributed by atoms with E-state index < -0.39 is 29.5 Å². The first-order valence-corrected chi connectivity index (χ1v) is 57.9. The summed E-state index contributed by atoms with van der Waals surface area (Å²) in [6.45, 7) is 34.2. The molecule has 0 bridgehead atoms. The molecule has 39 heteroatoms. The van der Waals surface area contributed by atoms with Crippen molar-refractivity contribution in [2.75, 3.05) is 12.9 Å². The summed E-state index contributed by atoms with van der Waals surface area (Å²) in [7, 11) is 0. The smallest absolute Gasteiger partial charge is 1.00 e. The van der Waals surface area contributed by atoms with Gasteiger partial charge in [0.2, 0.25) is 29.4 Å². The van der Waals surface area contributed by atoms with Crippen LogP contribution in [0.3, 0.4) is 0 Å². The van der Waals surface area contributed by atoms with E-state index in [2.05, 4.69) is 149 Å². The average Bonchev–Trinajstić information content (AvgIpc) is 0.929. The number of carbonyl (C=O) groups is 1. The fourth-order valence-electron chi connectivity index (χ4n) is 13.5. The number of carbonyl (C=O) groups excluding carboxylic acids is 1. The van der Waals surface area contributed by atoms with Crippen LogP contribution in [-0.2, 0) is 15.9 Å². The number of aromatic nitrogens is 12. The monoisotopic (exact) mass is 2350 g/mol. The van der Waals surface area contributed by atoms with E-state index in [1.165, 1.54) is 51.7 Å². The van der Waals surface area contributed by atoms with E-state index in [0.717, 1.165) is 167 Å². The van der Waals surface area contributed by atoms with Gasteiger partial charge in [0.15, 0.2) is 5.78 Å². The number of hydrogen-bond acceptors (Lipinski definition) is 23. The number of aliphatic hydroxyl groups excluding tert-OH is 1. The van der Waals surface area contributed by atoms with Crippen LogP contribution < -0.4 is 70.2 Å². The van der Waals surface area contributed by atoms with Crippen molar-refractivity contribution in [3.05, 3.63) is 212 Å². The minimum absolute atomic E-state index is 0. The third kappa shape index (κ3) is 36.8. The Kier molecular flexibility index (Phi) is 52.2. The number of rotatable bonds is 29. The van der Waals surface area contributed by atoms with Crippen LogP contribution in [0, 0.1) is 6.92 Å². The number of unbranched alkanes of at least 4 members (excludes halogenated alkanes) is 3. The summed E-state index contributed by atoms with van der Waals surface area (Å²) in [5, 5.41) is 35.7. The van der Waals surface area contributed by atoms with Gasteiger partial charge < -0.3 is 64.0 Å². The van der Waals surface area contributed by atoms with Crippen molar-refractivity contribution >= 4 is 243 Å². The summed E-state index contributed by atoms with van der Waals surface area (Å²) in [6.07, 6.45) is 45.3. The maximum Gasteiger partial charge on any atom is 2.00 e. The van der Waals surface area contributed by atoms with Crippen LogP contribution in [0.25, 0.3) is 80.8 Å². The van der Waals surface area contributed by atoms with Crippen LogP contribution in [0.2, 0.25) is 49.4 Å². The maximum atomic E-state index is 11.6. The Morgan fingerprint density at radius 1 is 0.496 bits per heavy atom. The molecule has 2 N–H and O–H groups in total. The quantitative estimate of drug-likeness (QED) is 0.00643. The topological polar surface area (TPSA) is 316 Å². The molecule has 0 radical (unpaired) electrons. The second-order valence-corrected chi connectivity index (χ2v) is 52.0. The maximum absolute atomic E-state index is 11.6. The van der Waals surface area contributed by atoms with Crippen molar-refractivity contribution in [3.8, 4) is 29.4 Å². The molecule has 18 rings (SSSR count).